The summed E-state index contributed by atoms with van der Waals surface area (Å²) < 4.78 is 5.33. The van der Waals surface area contributed by atoms with Crippen LogP contribution in [0.2, 0.25) is 5.02 Å². The molecule has 1 aromatic rings. The van der Waals surface area contributed by atoms with Crippen molar-refractivity contribution in [3.8, 4) is 0 Å². The number of halogens is 1. The highest BCUT2D eigenvalue weighted by molar-refractivity contribution is 6.33. The van der Waals surface area contributed by atoms with Gasteiger partial charge in [0.1, 0.15) is 0 Å². The molecule has 1 rings (SSSR count). The number of ether oxygens (including phenoxy) is 1. The number of unbranched alkanes of at least 4 members (excludes halogenated alkanes) is 1. The number of carbonyl (C=O) groups is 1. The van der Waals surface area contributed by atoms with Crippen molar-refractivity contribution >= 4 is 23.3 Å². The van der Waals surface area contributed by atoms with E-state index in [4.69, 9.17) is 22.1 Å². The van der Waals surface area contributed by atoms with Crippen LogP contribution in [0.3, 0.4) is 0 Å². The van der Waals surface area contributed by atoms with Crippen LogP contribution in [0.1, 0.15) is 49.9 Å². The Bertz CT molecular complexity index is 421. The van der Waals surface area contributed by atoms with E-state index in [0.717, 1.165) is 19.3 Å². The first-order valence-corrected chi connectivity index (χ1v) is 7.18. The monoisotopic (exact) mass is 283 g/mol. The van der Waals surface area contributed by atoms with Gasteiger partial charge in [-0.1, -0.05) is 44.7 Å². The zero-order chi connectivity index (χ0) is 14.3. The Kier molecular flexibility index (Phi) is 6.71. The van der Waals surface area contributed by atoms with Gasteiger partial charge in [0.05, 0.1) is 22.9 Å². The highest BCUT2D eigenvalue weighted by Gasteiger charge is 2.12. The third-order valence-electron chi connectivity index (χ3n) is 3.23. The van der Waals surface area contributed by atoms with Gasteiger partial charge in [0.25, 0.3) is 0 Å². The molecule has 0 fully saturated rings. The number of anilines is 1. The summed E-state index contributed by atoms with van der Waals surface area (Å²) >= 11 is 5.88. The number of hydrogen-bond acceptors (Lipinski definition) is 3. The van der Waals surface area contributed by atoms with Crippen molar-refractivity contribution in [2.75, 3.05) is 12.3 Å². The lowest BCUT2D eigenvalue weighted by Crippen LogP contribution is -2.14. The molecule has 0 spiro atoms. The van der Waals surface area contributed by atoms with E-state index in [1.54, 1.807) is 18.2 Å². The molecule has 0 aliphatic carbocycles. The van der Waals surface area contributed by atoms with Gasteiger partial charge in [-0.2, -0.15) is 0 Å². The van der Waals surface area contributed by atoms with Gasteiger partial charge in [-0.25, -0.2) is 4.79 Å². The number of nitrogens with two attached hydrogens (primary N) is 1. The van der Waals surface area contributed by atoms with Crippen molar-refractivity contribution in [3.05, 3.63) is 28.8 Å². The van der Waals surface area contributed by atoms with Gasteiger partial charge in [0, 0.05) is 0 Å². The van der Waals surface area contributed by atoms with E-state index in [2.05, 4.69) is 13.8 Å². The molecule has 3 nitrogen and oxygen atoms in total. The average Bonchev–Trinajstić information content (AvgIpc) is 2.41. The summed E-state index contributed by atoms with van der Waals surface area (Å²) in [4.78, 5) is 11.9. The van der Waals surface area contributed by atoms with Crippen LogP contribution in [-0.4, -0.2) is 12.6 Å². The molecule has 0 aromatic heterocycles. The highest BCUT2D eigenvalue weighted by atomic mass is 35.5. The van der Waals surface area contributed by atoms with E-state index >= 15 is 0 Å². The molecule has 1 unspecified atom stereocenters. The second kappa shape index (κ2) is 8.05. The molecule has 0 aliphatic heterocycles. The molecule has 0 bridgehead atoms. The summed E-state index contributed by atoms with van der Waals surface area (Å²) in [5, 5.41) is 0.382. The Labute approximate surface area is 120 Å². The molecular formula is C15H22ClNO2. The van der Waals surface area contributed by atoms with Crippen molar-refractivity contribution in [1.82, 2.24) is 0 Å². The molecule has 106 valence electrons. The van der Waals surface area contributed by atoms with Crippen LogP contribution in [0.4, 0.5) is 5.69 Å². The molecule has 2 N–H and O–H groups in total. The van der Waals surface area contributed by atoms with E-state index in [0.29, 0.717) is 28.8 Å². The quantitative estimate of drug-likeness (QED) is 0.600. The largest absolute Gasteiger partial charge is 0.462 e. The van der Waals surface area contributed by atoms with Crippen LogP contribution in [0.15, 0.2) is 18.2 Å². The molecular weight excluding hydrogens is 262 g/mol. The van der Waals surface area contributed by atoms with Crippen molar-refractivity contribution in [2.24, 2.45) is 5.92 Å². The standard InChI is InChI=1S/C15H22ClNO2/c1-3-5-6-11(4-2)10-19-15(18)12-7-8-14(17)13(16)9-12/h7-9,11H,3-6,10,17H2,1-2H3. The lowest BCUT2D eigenvalue weighted by atomic mass is 10.0. The van der Waals surface area contributed by atoms with Gasteiger partial charge >= 0.3 is 5.97 Å². The van der Waals surface area contributed by atoms with Gasteiger partial charge in [-0.05, 0) is 30.5 Å². The molecule has 0 aliphatic rings. The topological polar surface area (TPSA) is 52.3 Å². The molecule has 0 saturated heterocycles. The number of benzene rings is 1. The van der Waals surface area contributed by atoms with E-state index in [9.17, 15) is 4.79 Å². The maximum absolute atomic E-state index is 11.9. The van der Waals surface area contributed by atoms with Crippen molar-refractivity contribution in [3.63, 3.8) is 0 Å². The number of carbonyl (C=O) groups excluding carboxylic acids is 1. The van der Waals surface area contributed by atoms with Gasteiger partial charge in [0.15, 0.2) is 0 Å². The maximum atomic E-state index is 11.9. The summed E-state index contributed by atoms with van der Waals surface area (Å²) in [5.74, 6) is 0.102. The first-order valence-electron chi connectivity index (χ1n) is 6.80. The number of nitrogen functional groups attached to an aromatic ring is 1. The van der Waals surface area contributed by atoms with Gasteiger partial charge < -0.3 is 10.5 Å². The van der Waals surface area contributed by atoms with Gasteiger partial charge in [0.2, 0.25) is 0 Å². The van der Waals surface area contributed by atoms with Crippen LogP contribution in [0.5, 0.6) is 0 Å². The maximum Gasteiger partial charge on any atom is 0.338 e. The second-order valence-electron chi connectivity index (χ2n) is 4.75. The third-order valence-corrected chi connectivity index (χ3v) is 3.56. The van der Waals surface area contributed by atoms with Gasteiger partial charge in [-0.15, -0.1) is 0 Å². The Hall–Kier alpha value is -1.22. The lowest BCUT2D eigenvalue weighted by Gasteiger charge is -2.14. The van der Waals surface area contributed by atoms with Crippen molar-refractivity contribution in [2.45, 2.75) is 39.5 Å². The molecule has 0 saturated carbocycles. The zero-order valence-electron chi connectivity index (χ0n) is 11.6. The van der Waals surface area contributed by atoms with Crippen LogP contribution >= 0.6 is 11.6 Å². The molecule has 0 amide bonds. The average molecular weight is 284 g/mol. The van der Waals surface area contributed by atoms with Crippen LogP contribution in [0.25, 0.3) is 0 Å². The molecule has 1 aromatic carbocycles. The third kappa shape index (κ3) is 5.11. The lowest BCUT2D eigenvalue weighted by molar-refractivity contribution is 0.0428. The van der Waals surface area contributed by atoms with E-state index in [1.165, 1.54) is 6.42 Å². The summed E-state index contributed by atoms with van der Waals surface area (Å²) in [7, 11) is 0. The Morgan fingerprint density at radius 3 is 2.74 bits per heavy atom. The first-order chi connectivity index (χ1) is 9.08. The van der Waals surface area contributed by atoms with E-state index in [-0.39, 0.29) is 5.97 Å². The number of rotatable bonds is 7. The molecule has 0 heterocycles. The summed E-state index contributed by atoms with van der Waals surface area (Å²) in [5.41, 5.74) is 6.52. The predicted octanol–water partition coefficient (Wildman–Crippen LogP) is 4.30. The minimum Gasteiger partial charge on any atom is -0.462 e. The van der Waals surface area contributed by atoms with Crippen molar-refractivity contribution < 1.29 is 9.53 Å². The van der Waals surface area contributed by atoms with Crippen molar-refractivity contribution in [1.29, 1.82) is 0 Å². The predicted molar refractivity (Wildman–Crippen MR) is 79.5 cm³/mol. The fourth-order valence-corrected chi connectivity index (χ4v) is 2.01. The Balaban J connectivity index is 2.52. The number of hydrogen-bond donors (Lipinski definition) is 1. The minimum atomic E-state index is -0.336. The van der Waals surface area contributed by atoms with Crippen LogP contribution < -0.4 is 5.73 Å². The second-order valence-corrected chi connectivity index (χ2v) is 5.16. The SMILES string of the molecule is CCCCC(CC)COC(=O)c1ccc(N)c(Cl)c1. The fraction of sp³-hybridized carbons (Fsp3) is 0.533. The van der Waals surface area contributed by atoms with Crippen LogP contribution in [-0.2, 0) is 4.74 Å². The smallest absolute Gasteiger partial charge is 0.338 e. The molecule has 4 heteroatoms. The Morgan fingerprint density at radius 2 is 2.16 bits per heavy atom. The molecule has 1 atom stereocenters. The van der Waals surface area contributed by atoms with E-state index in [1.807, 2.05) is 0 Å². The first kappa shape index (κ1) is 15.8. The summed E-state index contributed by atoms with van der Waals surface area (Å²) in [6.45, 7) is 4.75. The summed E-state index contributed by atoms with van der Waals surface area (Å²) in [6, 6.07) is 4.80. The van der Waals surface area contributed by atoms with E-state index < -0.39 is 0 Å². The minimum absolute atomic E-state index is 0.336. The highest BCUT2D eigenvalue weighted by Crippen LogP contribution is 2.20. The summed E-state index contributed by atoms with van der Waals surface area (Å²) in [6.07, 6.45) is 4.46. The Morgan fingerprint density at radius 1 is 1.42 bits per heavy atom. The molecule has 19 heavy (non-hydrogen) atoms. The van der Waals surface area contributed by atoms with Gasteiger partial charge in [-0.3, -0.25) is 0 Å². The van der Waals surface area contributed by atoms with Crippen LogP contribution in [0, 0.1) is 5.92 Å². The fourth-order valence-electron chi connectivity index (χ4n) is 1.83. The number of esters is 1. The normalized spacial score (nSPS) is 12.2. The molecule has 0 radical (unpaired) electrons. The zero-order valence-corrected chi connectivity index (χ0v) is 12.4.